The SMILES string of the molecule is NC(N)=NCCC[C@H](NC(=O)[C@@H](N)Cc1ccccc1)C(=O)N[C@@H](Cc1ccccc1)C(=O)N[C@@H](CCC(=O)O)C(=O)O. The molecule has 4 atom stereocenters. The number of guanidine groups is 1. The van der Waals surface area contributed by atoms with Crippen molar-refractivity contribution in [3.8, 4) is 0 Å². The molecule has 0 aliphatic carbocycles. The third kappa shape index (κ3) is 13.0. The van der Waals surface area contributed by atoms with Crippen molar-refractivity contribution in [2.75, 3.05) is 6.54 Å². The minimum Gasteiger partial charge on any atom is -0.481 e. The third-order valence-corrected chi connectivity index (χ3v) is 6.39. The number of rotatable bonds is 18. The molecule has 11 N–H and O–H groups in total. The van der Waals surface area contributed by atoms with Crippen molar-refractivity contribution in [3.63, 3.8) is 0 Å². The molecular formula is C29H39N7O7. The fourth-order valence-corrected chi connectivity index (χ4v) is 4.14. The Morgan fingerprint density at radius 2 is 1.21 bits per heavy atom. The molecule has 0 unspecified atom stereocenters. The monoisotopic (exact) mass is 597 g/mol. The zero-order valence-corrected chi connectivity index (χ0v) is 23.6. The number of carboxylic acid groups (broad SMARTS) is 2. The van der Waals surface area contributed by atoms with Crippen LogP contribution in [-0.2, 0) is 36.8 Å². The summed E-state index contributed by atoms with van der Waals surface area (Å²) in [5.41, 5.74) is 18.4. The summed E-state index contributed by atoms with van der Waals surface area (Å²) in [5.74, 6) is -4.91. The fraction of sp³-hybridized carbons (Fsp3) is 0.379. The van der Waals surface area contributed by atoms with Gasteiger partial charge in [-0.1, -0.05) is 60.7 Å². The standard InChI is InChI=1S/C29H39N7O7/c30-20(16-18-8-3-1-4-9-18)25(39)34-21(12-7-15-33-29(31)32)26(40)36-23(17-19-10-5-2-6-11-19)27(41)35-22(28(42)43)13-14-24(37)38/h1-6,8-11,20-23H,7,12-17,30H2,(H,34,39)(H,35,41)(H,36,40)(H,37,38)(H,42,43)(H4,31,32,33)/t20-,21-,22-,23-/m0/s1. The molecule has 3 amide bonds. The quantitative estimate of drug-likeness (QED) is 0.0606. The van der Waals surface area contributed by atoms with Crippen molar-refractivity contribution in [2.45, 2.75) is 62.7 Å². The van der Waals surface area contributed by atoms with Crippen molar-refractivity contribution >= 4 is 35.6 Å². The van der Waals surface area contributed by atoms with Crippen LogP contribution in [0.5, 0.6) is 0 Å². The first-order chi connectivity index (χ1) is 20.5. The Hall–Kier alpha value is -4.98. The van der Waals surface area contributed by atoms with Crippen LogP contribution < -0.4 is 33.2 Å². The van der Waals surface area contributed by atoms with Crippen LogP contribution in [0, 0.1) is 0 Å². The van der Waals surface area contributed by atoms with Crippen LogP contribution in [0.3, 0.4) is 0 Å². The third-order valence-electron chi connectivity index (χ3n) is 6.39. The summed E-state index contributed by atoms with van der Waals surface area (Å²) < 4.78 is 0. The maximum atomic E-state index is 13.5. The zero-order chi connectivity index (χ0) is 31.8. The van der Waals surface area contributed by atoms with Gasteiger partial charge in [0.2, 0.25) is 17.7 Å². The minimum absolute atomic E-state index is 0.00806. The lowest BCUT2D eigenvalue weighted by Crippen LogP contribution is -2.57. The number of aliphatic carboxylic acids is 2. The van der Waals surface area contributed by atoms with E-state index >= 15 is 0 Å². The van der Waals surface area contributed by atoms with E-state index in [1.807, 2.05) is 30.3 Å². The zero-order valence-electron chi connectivity index (χ0n) is 23.6. The highest BCUT2D eigenvalue weighted by Crippen LogP contribution is 2.08. The Labute approximate surface area is 249 Å². The van der Waals surface area contributed by atoms with Gasteiger partial charge < -0.3 is 43.4 Å². The summed E-state index contributed by atoms with van der Waals surface area (Å²) in [4.78, 5) is 66.3. The van der Waals surface area contributed by atoms with Gasteiger partial charge in [0.1, 0.15) is 18.1 Å². The van der Waals surface area contributed by atoms with Gasteiger partial charge >= 0.3 is 11.9 Å². The van der Waals surface area contributed by atoms with Gasteiger partial charge in [-0.15, -0.1) is 0 Å². The highest BCUT2D eigenvalue weighted by Gasteiger charge is 2.30. The van der Waals surface area contributed by atoms with Crippen molar-refractivity contribution in [2.24, 2.45) is 22.2 Å². The molecule has 2 aromatic rings. The Morgan fingerprint density at radius 3 is 1.74 bits per heavy atom. The maximum absolute atomic E-state index is 13.5. The largest absolute Gasteiger partial charge is 0.481 e. The molecule has 232 valence electrons. The second-order valence-electron chi connectivity index (χ2n) is 9.89. The molecule has 0 spiro atoms. The predicted octanol–water partition coefficient (Wildman–Crippen LogP) is -0.743. The number of benzene rings is 2. The number of nitrogens with one attached hydrogen (secondary N) is 3. The van der Waals surface area contributed by atoms with Gasteiger partial charge in [-0.2, -0.15) is 0 Å². The molecule has 0 radical (unpaired) electrons. The molecule has 0 fully saturated rings. The van der Waals surface area contributed by atoms with Crippen molar-refractivity contribution < 1.29 is 34.2 Å². The van der Waals surface area contributed by atoms with E-state index in [9.17, 15) is 29.1 Å². The molecule has 0 aromatic heterocycles. The fourth-order valence-electron chi connectivity index (χ4n) is 4.14. The molecule has 0 aliphatic heterocycles. The van der Waals surface area contributed by atoms with Crippen LogP contribution in [0.1, 0.15) is 36.8 Å². The number of hydrogen-bond acceptors (Lipinski definition) is 7. The van der Waals surface area contributed by atoms with Crippen molar-refractivity contribution in [1.29, 1.82) is 0 Å². The summed E-state index contributed by atoms with van der Waals surface area (Å²) in [5, 5.41) is 26.0. The molecule has 0 aliphatic rings. The summed E-state index contributed by atoms with van der Waals surface area (Å²) in [6.45, 7) is 0.176. The number of nitrogens with two attached hydrogens (primary N) is 3. The van der Waals surface area contributed by atoms with Crippen LogP contribution in [-0.4, -0.2) is 76.5 Å². The average Bonchev–Trinajstić information content (AvgIpc) is 2.96. The smallest absolute Gasteiger partial charge is 0.326 e. The predicted molar refractivity (Wildman–Crippen MR) is 158 cm³/mol. The van der Waals surface area contributed by atoms with E-state index in [1.165, 1.54) is 0 Å². The topological polar surface area (TPSA) is 252 Å². The van der Waals surface area contributed by atoms with Gasteiger partial charge in [0, 0.05) is 19.4 Å². The maximum Gasteiger partial charge on any atom is 0.326 e. The van der Waals surface area contributed by atoms with Crippen LogP contribution in [0.15, 0.2) is 65.7 Å². The van der Waals surface area contributed by atoms with Crippen LogP contribution in [0.2, 0.25) is 0 Å². The lowest BCUT2D eigenvalue weighted by Gasteiger charge is -2.25. The number of aliphatic imine (C=N–C) groups is 1. The van der Waals surface area contributed by atoms with E-state index < -0.39 is 60.2 Å². The Bertz CT molecular complexity index is 1250. The molecule has 14 heteroatoms. The molecule has 2 aromatic carbocycles. The summed E-state index contributed by atoms with van der Waals surface area (Å²) in [6.07, 6.45) is -0.226. The second-order valence-corrected chi connectivity index (χ2v) is 9.89. The molecule has 2 rings (SSSR count). The first-order valence-electron chi connectivity index (χ1n) is 13.7. The average molecular weight is 598 g/mol. The van der Waals surface area contributed by atoms with Crippen molar-refractivity contribution in [1.82, 2.24) is 16.0 Å². The lowest BCUT2D eigenvalue weighted by molar-refractivity contribution is -0.143. The van der Waals surface area contributed by atoms with Gasteiger partial charge in [-0.3, -0.25) is 24.2 Å². The molecular weight excluding hydrogens is 558 g/mol. The Kier molecular flexibility index (Phi) is 14.1. The lowest BCUT2D eigenvalue weighted by atomic mass is 10.0. The number of nitrogens with zero attached hydrogens (tertiary/aromatic N) is 1. The first kappa shape index (κ1) is 34.2. The van der Waals surface area contributed by atoms with E-state index in [-0.39, 0.29) is 38.2 Å². The number of carboxylic acids is 2. The molecule has 0 saturated heterocycles. The van der Waals surface area contributed by atoms with E-state index in [2.05, 4.69) is 20.9 Å². The van der Waals surface area contributed by atoms with Gasteiger partial charge in [-0.05, 0) is 36.8 Å². The molecule has 43 heavy (non-hydrogen) atoms. The minimum atomic E-state index is -1.50. The van der Waals surface area contributed by atoms with Gasteiger partial charge in [-0.25, -0.2) is 4.79 Å². The Balaban J connectivity index is 2.24. The normalized spacial score (nSPS) is 13.4. The van der Waals surface area contributed by atoms with Crippen LogP contribution >= 0.6 is 0 Å². The first-order valence-corrected chi connectivity index (χ1v) is 13.7. The van der Waals surface area contributed by atoms with E-state index in [0.29, 0.717) is 12.0 Å². The van der Waals surface area contributed by atoms with E-state index in [0.717, 1.165) is 5.56 Å². The molecule has 0 bridgehead atoms. The van der Waals surface area contributed by atoms with Crippen LogP contribution in [0.4, 0.5) is 0 Å². The number of hydrogen-bond donors (Lipinski definition) is 8. The number of carbonyl (C=O) groups excluding carboxylic acids is 3. The van der Waals surface area contributed by atoms with Gasteiger partial charge in [0.05, 0.1) is 6.04 Å². The van der Waals surface area contributed by atoms with Crippen molar-refractivity contribution in [3.05, 3.63) is 71.8 Å². The molecule has 0 heterocycles. The summed E-state index contributed by atoms with van der Waals surface area (Å²) in [7, 11) is 0. The Morgan fingerprint density at radius 1 is 0.698 bits per heavy atom. The summed E-state index contributed by atoms with van der Waals surface area (Å²) in [6, 6.07) is 12.9. The van der Waals surface area contributed by atoms with E-state index in [1.54, 1.807) is 30.3 Å². The molecule has 14 nitrogen and oxygen atoms in total. The number of carbonyl (C=O) groups is 5. The van der Waals surface area contributed by atoms with Gasteiger partial charge in [0.25, 0.3) is 0 Å². The van der Waals surface area contributed by atoms with Gasteiger partial charge in [0.15, 0.2) is 5.96 Å². The van der Waals surface area contributed by atoms with E-state index in [4.69, 9.17) is 22.3 Å². The summed E-state index contributed by atoms with van der Waals surface area (Å²) >= 11 is 0. The molecule has 0 saturated carbocycles. The highest BCUT2D eigenvalue weighted by molar-refractivity contribution is 5.94. The number of amides is 3. The highest BCUT2D eigenvalue weighted by atomic mass is 16.4. The van der Waals surface area contributed by atoms with Crippen LogP contribution in [0.25, 0.3) is 0 Å². The second kappa shape index (κ2) is 17.7.